The SMILES string of the molecule is CSCC(C)C(=O)N(CC(=O)O)Cc1ccc(F)cc1. The molecule has 0 radical (unpaired) electrons. The van der Waals surface area contributed by atoms with Gasteiger partial charge in [0.15, 0.2) is 0 Å². The lowest BCUT2D eigenvalue weighted by Crippen LogP contribution is -2.39. The third-order valence-electron chi connectivity index (χ3n) is 2.76. The summed E-state index contributed by atoms with van der Waals surface area (Å²) in [5, 5.41) is 8.91. The Kier molecular flexibility index (Phi) is 6.51. The second-order valence-corrected chi connectivity index (χ2v) is 5.48. The number of thioether (sulfide) groups is 1. The fraction of sp³-hybridized carbons (Fsp3) is 0.429. The molecule has 1 aromatic rings. The van der Waals surface area contributed by atoms with Gasteiger partial charge in [-0.25, -0.2) is 4.39 Å². The zero-order valence-electron chi connectivity index (χ0n) is 11.5. The van der Waals surface area contributed by atoms with Crippen molar-refractivity contribution in [1.82, 2.24) is 4.90 Å². The van der Waals surface area contributed by atoms with Crippen LogP contribution in [0.15, 0.2) is 24.3 Å². The predicted molar refractivity (Wildman–Crippen MR) is 77.0 cm³/mol. The number of carboxylic acids is 1. The summed E-state index contributed by atoms with van der Waals surface area (Å²) >= 11 is 1.54. The Bertz CT molecular complexity index is 464. The Balaban J connectivity index is 2.80. The van der Waals surface area contributed by atoms with Gasteiger partial charge in [-0.2, -0.15) is 11.8 Å². The molecule has 0 spiro atoms. The molecule has 0 aliphatic rings. The highest BCUT2D eigenvalue weighted by atomic mass is 32.2. The van der Waals surface area contributed by atoms with Gasteiger partial charge in [0.2, 0.25) is 5.91 Å². The molecule has 1 N–H and O–H groups in total. The first-order chi connectivity index (χ1) is 9.43. The molecule has 1 atom stereocenters. The summed E-state index contributed by atoms with van der Waals surface area (Å²) in [6, 6.07) is 5.70. The maximum absolute atomic E-state index is 12.8. The van der Waals surface area contributed by atoms with E-state index in [9.17, 15) is 14.0 Å². The van der Waals surface area contributed by atoms with Crippen LogP contribution in [-0.4, -0.2) is 40.4 Å². The van der Waals surface area contributed by atoms with Crippen molar-refractivity contribution in [2.75, 3.05) is 18.6 Å². The minimum Gasteiger partial charge on any atom is -0.480 e. The number of hydrogen-bond acceptors (Lipinski definition) is 3. The zero-order valence-corrected chi connectivity index (χ0v) is 12.3. The van der Waals surface area contributed by atoms with Crippen molar-refractivity contribution in [2.24, 2.45) is 5.92 Å². The third-order valence-corrected chi connectivity index (χ3v) is 3.60. The minimum absolute atomic E-state index is 0.171. The molecule has 1 unspecified atom stereocenters. The normalized spacial score (nSPS) is 11.9. The molecule has 0 saturated carbocycles. The lowest BCUT2D eigenvalue weighted by atomic mass is 10.1. The molecule has 1 amide bonds. The van der Waals surface area contributed by atoms with Crippen LogP contribution in [0.1, 0.15) is 12.5 Å². The van der Waals surface area contributed by atoms with E-state index in [1.807, 2.05) is 6.26 Å². The average Bonchev–Trinajstić information content (AvgIpc) is 2.39. The Hall–Kier alpha value is -1.56. The predicted octanol–water partition coefficient (Wildman–Crippen LogP) is 2.24. The first kappa shape index (κ1) is 16.5. The first-order valence-corrected chi connectivity index (χ1v) is 7.57. The molecule has 1 rings (SSSR count). The van der Waals surface area contributed by atoms with Gasteiger partial charge < -0.3 is 10.0 Å². The highest BCUT2D eigenvalue weighted by Gasteiger charge is 2.22. The Labute approximate surface area is 122 Å². The number of carbonyl (C=O) groups is 2. The fourth-order valence-electron chi connectivity index (χ4n) is 1.82. The molecule has 0 fully saturated rings. The van der Waals surface area contributed by atoms with Crippen LogP contribution in [0.2, 0.25) is 0 Å². The number of carboxylic acid groups (broad SMARTS) is 1. The van der Waals surface area contributed by atoms with E-state index in [-0.39, 0.29) is 30.7 Å². The molecule has 6 heteroatoms. The second-order valence-electron chi connectivity index (χ2n) is 4.57. The maximum Gasteiger partial charge on any atom is 0.323 e. The van der Waals surface area contributed by atoms with Crippen LogP contribution in [0.5, 0.6) is 0 Å². The Morgan fingerprint density at radius 2 is 1.95 bits per heavy atom. The van der Waals surface area contributed by atoms with Crippen LogP contribution in [0.25, 0.3) is 0 Å². The van der Waals surface area contributed by atoms with Crippen LogP contribution in [0.4, 0.5) is 4.39 Å². The van der Waals surface area contributed by atoms with E-state index in [0.717, 1.165) is 0 Å². The van der Waals surface area contributed by atoms with Gasteiger partial charge in [0.05, 0.1) is 0 Å². The van der Waals surface area contributed by atoms with E-state index in [1.165, 1.54) is 28.8 Å². The summed E-state index contributed by atoms with van der Waals surface area (Å²) in [6.07, 6.45) is 1.89. The van der Waals surface area contributed by atoms with Crippen LogP contribution in [-0.2, 0) is 16.1 Å². The van der Waals surface area contributed by atoms with Crippen molar-refractivity contribution in [1.29, 1.82) is 0 Å². The molecule has 110 valence electrons. The molecule has 0 saturated heterocycles. The van der Waals surface area contributed by atoms with Gasteiger partial charge in [0.1, 0.15) is 12.4 Å². The van der Waals surface area contributed by atoms with Crippen LogP contribution in [0, 0.1) is 11.7 Å². The molecule has 0 aliphatic heterocycles. The van der Waals surface area contributed by atoms with Crippen molar-refractivity contribution in [3.63, 3.8) is 0 Å². The number of nitrogens with zero attached hydrogens (tertiary/aromatic N) is 1. The van der Waals surface area contributed by atoms with Crippen molar-refractivity contribution in [3.8, 4) is 0 Å². The Morgan fingerprint density at radius 3 is 2.45 bits per heavy atom. The van der Waals surface area contributed by atoms with Gasteiger partial charge in [-0.05, 0) is 24.0 Å². The number of benzene rings is 1. The molecule has 0 heterocycles. The molecule has 0 aliphatic carbocycles. The van der Waals surface area contributed by atoms with Gasteiger partial charge in [0.25, 0.3) is 0 Å². The monoisotopic (exact) mass is 299 g/mol. The van der Waals surface area contributed by atoms with Gasteiger partial charge in [-0.3, -0.25) is 9.59 Å². The van der Waals surface area contributed by atoms with E-state index in [0.29, 0.717) is 11.3 Å². The van der Waals surface area contributed by atoms with Crippen LogP contribution < -0.4 is 0 Å². The summed E-state index contributed by atoms with van der Waals surface area (Å²) in [4.78, 5) is 24.4. The van der Waals surface area contributed by atoms with Crippen molar-refractivity contribution >= 4 is 23.6 Å². The lowest BCUT2D eigenvalue weighted by molar-refractivity contribution is -0.146. The van der Waals surface area contributed by atoms with Gasteiger partial charge in [-0.1, -0.05) is 19.1 Å². The molecule has 0 aromatic heterocycles. The van der Waals surface area contributed by atoms with Crippen molar-refractivity contribution < 1.29 is 19.1 Å². The lowest BCUT2D eigenvalue weighted by Gasteiger charge is -2.24. The molecular formula is C14H18FNO3S. The van der Waals surface area contributed by atoms with E-state index >= 15 is 0 Å². The van der Waals surface area contributed by atoms with Crippen molar-refractivity contribution in [3.05, 3.63) is 35.6 Å². The fourth-order valence-corrected chi connectivity index (χ4v) is 2.46. The third kappa shape index (κ3) is 5.21. The number of rotatable bonds is 7. The molecule has 1 aromatic carbocycles. The standard InChI is InChI=1S/C14H18FNO3S/c1-10(9-20-2)14(19)16(8-13(17)18)7-11-3-5-12(15)6-4-11/h3-6,10H,7-9H2,1-2H3,(H,17,18). The van der Waals surface area contributed by atoms with E-state index in [2.05, 4.69) is 0 Å². The van der Waals surface area contributed by atoms with Gasteiger partial charge in [0, 0.05) is 18.2 Å². The largest absolute Gasteiger partial charge is 0.480 e. The van der Waals surface area contributed by atoms with Gasteiger partial charge >= 0.3 is 5.97 Å². The Morgan fingerprint density at radius 1 is 1.35 bits per heavy atom. The van der Waals surface area contributed by atoms with Crippen LogP contribution >= 0.6 is 11.8 Å². The maximum atomic E-state index is 12.8. The first-order valence-electron chi connectivity index (χ1n) is 6.18. The number of aliphatic carboxylic acids is 1. The minimum atomic E-state index is -1.06. The number of halogens is 1. The molecule has 4 nitrogen and oxygen atoms in total. The molecular weight excluding hydrogens is 281 g/mol. The molecule has 0 bridgehead atoms. The topological polar surface area (TPSA) is 57.6 Å². The highest BCUT2D eigenvalue weighted by molar-refractivity contribution is 7.98. The zero-order chi connectivity index (χ0) is 15.1. The quantitative estimate of drug-likeness (QED) is 0.839. The van der Waals surface area contributed by atoms with E-state index in [1.54, 1.807) is 19.1 Å². The average molecular weight is 299 g/mol. The van der Waals surface area contributed by atoms with Crippen molar-refractivity contribution in [2.45, 2.75) is 13.5 Å². The van der Waals surface area contributed by atoms with Gasteiger partial charge in [-0.15, -0.1) is 0 Å². The smallest absolute Gasteiger partial charge is 0.323 e. The summed E-state index contributed by atoms with van der Waals surface area (Å²) in [5.41, 5.74) is 0.706. The van der Waals surface area contributed by atoms with E-state index < -0.39 is 5.97 Å². The van der Waals surface area contributed by atoms with E-state index in [4.69, 9.17) is 5.11 Å². The highest BCUT2D eigenvalue weighted by Crippen LogP contribution is 2.13. The van der Waals surface area contributed by atoms with Crippen LogP contribution in [0.3, 0.4) is 0 Å². The summed E-state index contributed by atoms with van der Waals surface area (Å²) < 4.78 is 12.8. The number of hydrogen-bond donors (Lipinski definition) is 1. The summed E-state index contributed by atoms with van der Waals surface area (Å²) in [7, 11) is 0. The second kappa shape index (κ2) is 7.89. The summed E-state index contributed by atoms with van der Waals surface area (Å²) in [5.74, 6) is -1.23. The summed E-state index contributed by atoms with van der Waals surface area (Å²) in [6.45, 7) is 1.59. The number of carbonyl (C=O) groups excluding carboxylic acids is 1. The number of amides is 1. The molecule has 20 heavy (non-hydrogen) atoms.